The van der Waals surface area contributed by atoms with Gasteiger partial charge in [0.15, 0.2) is 18.4 Å². The molecular formula is C11H15ClNO+. The second kappa shape index (κ2) is 5.13. The Hall–Kier alpha value is -0.860. The molecule has 2 nitrogen and oxygen atoms in total. The number of aliphatic hydroxyl groups excluding tert-OH is 1. The van der Waals surface area contributed by atoms with E-state index in [1.54, 1.807) is 6.08 Å². The van der Waals surface area contributed by atoms with E-state index in [-0.39, 0.29) is 5.88 Å². The van der Waals surface area contributed by atoms with E-state index in [2.05, 4.69) is 6.58 Å². The molecular weight excluding hydrogens is 198 g/mol. The van der Waals surface area contributed by atoms with Crippen LogP contribution >= 0.6 is 11.6 Å². The van der Waals surface area contributed by atoms with Gasteiger partial charge in [0.05, 0.1) is 5.88 Å². The van der Waals surface area contributed by atoms with Crippen molar-refractivity contribution in [2.24, 2.45) is 0 Å². The Morgan fingerprint density at radius 1 is 1.64 bits per heavy atom. The molecule has 1 rings (SSSR count). The Balaban J connectivity index is 2.88. The third-order valence-corrected chi connectivity index (χ3v) is 2.45. The highest BCUT2D eigenvalue weighted by molar-refractivity contribution is 6.18. The normalized spacial score (nSPS) is 12.5. The summed E-state index contributed by atoms with van der Waals surface area (Å²) in [4.78, 5) is 0. The molecule has 0 aliphatic rings. The van der Waals surface area contributed by atoms with Crippen LogP contribution in [-0.4, -0.2) is 17.1 Å². The number of halogens is 1. The number of aliphatic hydroxyl groups is 1. The van der Waals surface area contributed by atoms with Crippen molar-refractivity contribution in [1.82, 2.24) is 0 Å². The van der Waals surface area contributed by atoms with Crippen LogP contribution < -0.4 is 4.57 Å². The summed E-state index contributed by atoms with van der Waals surface area (Å²) in [6, 6.07) is 3.99. The summed E-state index contributed by atoms with van der Waals surface area (Å²) in [5.74, 6) is 0.255. The maximum atomic E-state index is 9.42. The van der Waals surface area contributed by atoms with E-state index in [1.165, 1.54) is 0 Å². The molecule has 14 heavy (non-hydrogen) atoms. The van der Waals surface area contributed by atoms with Gasteiger partial charge in [0.2, 0.25) is 0 Å². The molecule has 0 bridgehead atoms. The molecule has 0 aliphatic carbocycles. The Labute approximate surface area is 89.5 Å². The molecule has 0 radical (unpaired) electrons. The van der Waals surface area contributed by atoms with Crippen molar-refractivity contribution < 1.29 is 9.67 Å². The van der Waals surface area contributed by atoms with Crippen LogP contribution in [0.5, 0.6) is 0 Å². The lowest BCUT2D eigenvalue weighted by Gasteiger charge is -2.05. The van der Waals surface area contributed by atoms with Crippen molar-refractivity contribution in [3.05, 3.63) is 36.2 Å². The highest BCUT2D eigenvalue weighted by Gasteiger charge is 2.12. The third-order valence-electron chi connectivity index (χ3n) is 2.10. The zero-order valence-corrected chi connectivity index (χ0v) is 9.04. The van der Waals surface area contributed by atoms with Crippen molar-refractivity contribution in [1.29, 1.82) is 0 Å². The lowest BCUT2D eigenvalue weighted by molar-refractivity contribution is -0.708. The van der Waals surface area contributed by atoms with Crippen LogP contribution in [0.15, 0.2) is 24.9 Å². The first-order valence-electron chi connectivity index (χ1n) is 4.54. The monoisotopic (exact) mass is 212 g/mol. The summed E-state index contributed by atoms with van der Waals surface area (Å²) in [6.07, 6.45) is 3.24. The number of pyridine rings is 1. The minimum absolute atomic E-state index is 0.255. The van der Waals surface area contributed by atoms with Crippen LogP contribution in [0.2, 0.25) is 0 Å². The van der Waals surface area contributed by atoms with E-state index in [0.717, 1.165) is 11.3 Å². The minimum atomic E-state index is -0.500. The van der Waals surface area contributed by atoms with Gasteiger partial charge >= 0.3 is 0 Å². The summed E-state index contributed by atoms with van der Waals surface area (Å²) in [6.45, 7) is 6.22. The Kier molecular flexibility index (Phi) is 4.11. The minimum Gasteiger partial charge on any atom is -0.385 e. The van der Waals surface area contributed by atoms with Gasteiger partial charge in [-0.05, 0) is 6.07 Å². The average molecular weight is 213 g/mol. The molecule has 1 atom stereocenters. The molecule has 0 aromatic carbocycles. The summed E-state index contributed by atoms with van der Waals surface area (Å²) in [7, 11) is 0. The molecule has 76 valence electrons. The first-order valence-corrected chi connectivity index (χ1v) is 5.07. The summed E-state index contributed by atoms with van der Waals surface area (Å²) in [5.41, 5.74) is 2.14. The predicted octanol–water partition coefficient (Wildman–Crippen LogP) is 1.53. The van der Waals surface area contributed by atoms with Crippen LogP contribution in [0.4, 0.5) is 0 Å². The van der Waals surface area contributed by atoms with E-state index in [9.17, 15) is 5.11 Å². The van der Waals surface area contributed by atoms with Crippen LogP contribution in [0.3, 0.4) is 0 Å². The molecule has 3 heteroatoms. The largest absolute Gasteiger partial charge is 0.385 e. The third kappa shape index (κ3) is 2.82. The fourth-order valence-corrected chi connectivity index (χ4v) is 1.33. The molecule has 0 amide bonds. The summed E-state index contributed by atoms with van der Waals surface area (Å²) < 4.78 is 1.98. The molecule has 1 aromatic rings. The number of hydrogen-bond acceptors (Lipinski definition) is 1. The molecule has 1 N–H and O–H groups in total. The van der Waals surface area contributed by atoms with Gasteiger partial charge in [-0.15, -0.1) is 11.6 Å². The van der Waals surface area contributed by atoms with Crippen molar-refractivity contribution in [2.45, 2.75) is 19.6 Å². The standard InChI is InChI=1S/C11H15ClNO/c1-3-10-5-4-9(2)13(7-10)8-11(14)6-12/h3-5,7,11,14H,1,6,8H2,2H3/q+1. The molecule has 1 heterocycles. The van der Waals surface area contributed by atoms with Crippen molar-refractivity contribution in [2.75, 3.05) is 5.88 Å². The van der Waals surface area contributed by atoms with Gasteiger partial charge in [-0.25, -0.2) is 0 Å². The van der Waals surface area contributed by atoms with E-state index >= 15 is 0 Å². The van der Waals surface area contributed by atoms with Gasteiger partial charge in [-0.3, -0.25) is 0 Å². The van der Waals surface area contributed by atoms with Crippen LogP contribution in [0, 0.1) is 6.92 Å². The number of aromatic nitrogens is 1. The lowest BCUT2D eigenvalue weighted by atomic mass is 10.2. The van der Waals surface area contributed by atoms with E-state index in [0.29, 0.717) is 6.54 Å². The van der Waals surface area contributed by atoms with Crippen LogP contribution in [0.25, 0.3) is 6.08 Å². The smallest absolute Gasteiger partial charge is 0.178 e. The summed E-state index contributed by atoms with van der Waals surface area (Å²) in [5, 5.41) is 9.42. The molecule has 0 spiro atoms. The van der Waals surface area contributed by atoms with Gasteiger partial charge < -0.3 is 5.11 Å². The van der Waals surface area contributed by atoms with Gasteiger partial charge in [-0.2, -0.15) is 4.57 Å². The maximum Gasteiger partial charge on any atom is 0.178 e. The maximum absolute atomic E-state index is 9.42. The van der Waals surface area contributed by atoms with Gasteiger partial charge in [0.1, 0.15) is 6.10 Å². The number of rotatable bonds is 4. The Morgan fingerprint density at radius 3 is 2.93 bits per heavy atom. The molecule has 0 aliphatic heterocycles. The SMILES string of the molecule is C=Cc1ccc(C)[n+](CC(O)CCl)c1. The van der Waals surface area contributed by atoms with Crippen molar-refractivity contribution in [3.8, 4) is 0 Å². The first-order chi connectivity index (χ1) is 6.67. The van der Waals surface area contributed by atoms with E-state index < -0.39 is 6.10 Å². The van der Waals surface area contributed by atoms with Gasteiger partial charge in [-0.1, -0.05) is 12.7 Å². The lowest BCUT2D eigenvalue weighted by Crippen LogP contribution is -2.43. The zero-order valence-electron chi connectivity index (χ0n) is 8.28. The summed E-state index contributed by atoms with van der Waals surface area (Å²) >= 11 is 5.54. The van der Waals surface area contributed by atoms with E-state index in [1.807, 2.05) is 29.8 Å². The second-order valence-corrected chi connectivity index (χ2v) is 3.58. The fourth-order valence-electron chi connectivity index (χ4n) is 1.23. The number of alkyl halides is 1. The van der Waals surface area contributed by atoms with Crippen molar-refractivity contribution >= 4 is 17.7 Å². The number of aryl methyl sites for hydroxylation is 1. The van der Waals surface area contributed by atoms with E-state index in [4.69, 9.17) is 11.6 Å². The Bertz CT molecular complexity index is 325. The second-order valence-electron chi connectivity index (χ2n) is 3.27. The molecule has 0 saturated heterocycles. The average Bonchev–Trinajstić information content (AvgIpc) is 2.21. The fraction of sp³-hybridized carbons (Fsp3) is 0.364. The molecule has 0 saturated carbocycles. The highest BCUT2D eigenvalue weighted by atomic mass is 35.5. The zero-order chi connectivity index (χ0) is 10.6. The molecule has 1 aromatic heterocycles. The quantitative estimate of drug-likeness (QED) is 0.594. The topological polar surface area (TPSA) is 24.1 Å². The molecule has 1 unspecified atom stereocenters. The number of hydrogen-bond donors (Lipinski definition) is 1. The van der Waals surface area contributed by atoms with Crippen LogP contribution in [0.1, 0.15) is 11.3 Å². The first kappa shape index (κ1) is 11.2. The van der Waals surface area contributed by atoms with Crippen molar-refractivity contribution in [3.63, 3.8) is 0 Å². The van der Waals surface area contributed by atoms with Gasteiger partial charge in [0.25, 0.3) is 0 Å². The molecule has 0 fully saturated rings. The predicted molar refractivity (Wildman–Crippen MR) is 58.2 cm³/mol. The highest BCUT2D eigenvalue weighted by Crippen LogP contribution is 2.00. The van der Waals surface area contributed by atoms with Gasteiger partial charge in [0, 0.05) is 18.6 Å². The number of nitrogens with zero attached hydrogens (tertiary/aromatic N) is 1. The Morgan fingerprint density at radius 2 is 2.36 bits per heavy atom. The van der Waals surface area contributed by atoms with Crippen LogP contribution in [-0.2, 0) is 6.54 Å².